The number of hydrazone groups is 1. The van der Waals surface area contributed by atoms with Crippen molar-refractivity contribution in [3.8, 4) is 0 Å². The SMILES string of the molecule is CC1CCC(C(C)C)/C(=N/N(C)C)C1. The highest BCUT2D eigenvalue weighted by Crippen LogP contribution is 2.31. The lowest BCUT2D eigenvalue weighted by molar-refractivity contribution is 0.346. The fraction of sp³-hybridized carbons (Fsp3) is 0.917. The van der Waals surface area contributed by atoms with Crippen molar-refractivity contribution >= 4 is 5.71 Å². The van der Waals surface area contributed by atoms with Gasteiger partial charge in [-0.25, -0.2) is 0 Å². The van der Waals surface area contributed by atoms with Crippen LogP contribution >= 0.6 is 0 Å². The van der Waals surface area contributed by atoms with Crippen LogP contribution < -0.4 is 0 Å². The highest BCUT2D eigenvalue weighted by Gasteiger charge is 2.27. The normalized spacial score (nSPS) is 31.1. The van der Waals surface area contributed by atoms with E-state index in [9.17, 15) is 0 Å². The summed E-state index contributed by atoms with van der Waals surface area (Å²) in [7, 11) is 4.04. The van der Waals surface area contributed by atoms with Gasteiger partial charge >= 0.3 is 0 Å². The van der Waals surface area contributed by atoms with Gasteiger partial charge in [-0.15, -0.1) is 0 Å². The standard InChI is InChI=1S/C12H24N2/c1-9(2)11-7-6-10(3)8-12(11)13-14(4)5/h9-11H,6-8H2,1-5H3/b13-12+. The first-order chi connectivity index (χ1) is 6.50. The van der Waals surface area contributed by atoms with Crippen LogP contribution in [0.4, 0.5) is 0 Å². The minimum Gasteiger partial charge on any atom is -0.303 e. The number of hydrogen-bond donors (Lipinski definition) is 0. The molecule has 0 aromatic rings. The van der Waals surface area contributed by atoms with Gasteiger partial charge < -0.3 is 5.01 Å². The minimum absolute atomic E-state index is 0.716. The summed E-state index contributed by atoms with van der Waals surface area (Å²) < 4.78 is 0. The smallest absolute Gasteiger partial charge is 0.0416 e. The van der Waals surface area contributed by atoms with Crippen LogP contribution in [-0.2, 0) is 0 Å². The maximum absolute atomic E-state index is 4.64. The van der Waals surface area contributed by atoms with Crippen molar-refractivity contribution in [2.75, 3.05) is 14.1 Å². The topological polar surface area (TPSA) is 15.6 Å². The van der Waals surface area contributed by atoms with Gasteiger partial charge in [0, 0.05) is 25.7 Å². The first-order valence-corrected chi connectivity index (χ1v) is 5.75. The monoisotopic (exact) mass is 196 g/mol. The van der Waals surface area contributed by atoms with Crippen molar-refractivity contribution in [3.63, 3.8) is 0 Å². The maximum Gasteiger partial charge on any atom is 0.0416 e. The van der Waals surface area contributed by atoms with E-state index in [4.69, 9.17) is 0 Å². The molecule has 0 N–H and O–H groups in total. The zero-order valence-corrected chi connectivity index (χ0v) is 10.2. The molecule has 1 saturated carbocycles. The molecule has 0 spiro atoms. The molecule has 1 aliphatic rings. The summed E-state index contributed by atoms with van der Waals surface area (Å²) in [6.45, 7) is 6.96. The molecule has 82 valence electrons. The van der Waals surface area contributed by atoms with Crippen LogP contribution in [0.5, 0.6) is 0 Å². The largest absolute Gasteiger partial charge is 0.303 e. The van der Waals surface area contributed by atoms with Gasteiger partial charge in [-0.2, -0.15) is 5.10 Å². The molecule has 1 fully saturated rings. The molecular formula is C12H24N2. The molecule has 1 rings (SSSR count). The van der Waals surface area contributed by atoms with Crippen molar-refractivity contribution in [3.05, 3.63) is 0 Å². The van der Waals surface area contributed by atoms with Crippen molar-refractivity contribution in [1.82, 2.24) is 5.01 Å². The second kappa shape index (κ2) is 4.81. The Bertz CT molecular complexity index is 206. The molecular weight excluding hydrogens is 172 g/mol. The summed E-state index contributed by atoms with van der Waals surface area (Å²) in [6, 6.07) is 0. The predicted octanol–water partition coefficient (Wildman–Crippen LogP) is 3.00. The number of nitrogens with zero attached hydrogens (tertiary/aromatic N) is 2. The Kier molecular flexibility index (Phi) is 3.97. The highest BCUT2D eigenvalue weighted by atomic mass is 15.4. The average molecular weight is 196 g/mol. The molecule has 0 bridgehead atoms. The van der Waals surface area contributed by atoms with Gasteiger partial charge in [-0.05, 0) is 31.1 Å². The molecule has 0 aromatic carbocycles. The molecule has 0 saturated heterocycles. The third kappa shape index (κ3) is 3.00. The lowest BCUT2D eigenvalue weighted by Crippen LogP contribution is -2.29. The van der Waals surface area contributed by atoms with E-state index >= 15 is 0 Å². The summed E-state index contributed by atoms with van der Waals surface area (Å²) in [5, 5.41) is 6.59. The zero-order chi connectivity index (χ0) is 10.7. The molecule has 0 radical (unpaired) electrons. The second-order valence-electron chi connectivity index (χ2n) is 5.18. The van der Waals surface area contributed by atoms with Crippen molar-refractivity contribution < 1.29 is 0 Å². The zero-order valence-electron chi connectivity index (χ0n) is 10.2. The van der Waals surface area contributed by atoms with Gasteiger partial charge in [0.2, 0.25) is 0 Å². The lowest BCUT2D eigenvalue weighted by Gasteiger charge is -2.31. The van der Waals surface area contributed by atoms with E-state index in [0.717, 1.165) is 11.8 Å². The quantitative estimate of drug-likeness (QED) is 0.620. The summed E-state index contributed by atoms with van der Waals surface area (Å²) in [5.74, 6) is 2.28. The van der Waals surface area contributed by atoms with Gasteiger partial charge in [0.25, 0.3) is 0 Å². The fourth-order valence-corrected chi connectivity index (χ4v) is 2.33. The summed E-state index contributed by atoms with van der Waals surface area (Å²) >= 11 is 0. The van der Waals surface area contributed by atoms with Crippen LogP contribution in [-0.4, -0.2) is 24.8 Å². The lowest BCUT2D eigenvalue weighted by atomic mass is 9.76. The van der Waals surface area contributed by atoms with Gasteiger partial charge in [-0.1, -0.05) is 20.8 Å². The number of rotatable bonds is 2. The van der Waals surface area contributed by atoms with Crippen LogP contribution in [0, 0.1) is 17.8 Å². The summed E-state index contributed by atoms with van der Waals surface area (Å²) in [4.78, 5) is 0. The Morgan fingerprint density at radius 1 is 1.29 bits per heavy atom. The molecule has 2 heteroatoms. The predicted molar refractivity (Wildman–Crippen MR) is 62.5 cm³/mol. The van der Waals surface area contributed by atoms with E-state index in [1.807, 2.05) is 19.1 Å². The van der Waals surface area contributed by atoms with Gasteiger partial charge in [0.05, 0.1) is 0 Å². The van der Waals surface area contributed by atoms with E-state index in [-0.39, 0.29) is 0 Å². The molecule has 0 aromatic heterocycles. The van der Waals surface area contributed by atoms with Crippen LogP contribution in [0.25, 0.3) is 0 Å². The Morgan fingerprint density at radius 2 is 1.93 bits per heavy atom. The number of hydrogen-bond acceptors (Lipinski definition) is 2. The van der Waals surface area contributed by atoms with Gasteiger partial charge in [0.15, 0.2) is 0 Å². The van der Waals surface area contributed by atoms with Crippen molar-refractivity contribution in [2.45, 2.75) is 40.0 Å². The molecule has 14 heavy (non-hydrogen) atoms. The molecule has 0 amide bonds. The molecule has 2 atom stereocenters. The molecule has 0 aliphatic heterocycles. The molecule has 0 heterocycles. The first kappa shape index (κ1) is 11.5. The Balaban J connectivity index is 2.73. The molecule has 2 nitrogen and oxygen atoms in total. The third-order valence-corrected chi connectivity index (χ3v) is 3.09. The van der Waals surface area contributed by atoms with E-state index in [0.29, 0.717) is 5.92 Å². The van der Waals surface area contributed by atoms with Gasteiger partial charge in [-0.3, -0.25) is 0 Å². The summed E-state index contributed by atoms with van der Waals surface area (Å²) in [5.41, 5.74) is 1.42. The van der Waals surface area contributed by atoms with E-state index in [1.165, 1.54) is 25.0 Å². The average Bonchev–Trinajstić information content (AvgIpc) is 2.01. The van der Waals surface area contributed by atoms with E-state index < -0.39 is 0 Å². The Morgan fingerprint density at radius 3 is 2.43 bits per heavy atom. The highest BCUT2D eigenvalue weighted by molar-refractivity contribution is 5.87. The fourth-order valence-electron chi connectivity index (χ4n) is 2.33. The Labute approximate surface area is 88.4 Å². The first-order valence-electron chi connectivity index (χ1n) is 5.75. The van der Waals surface area contributed by atoms with Crippen molar-refractivity contribution in [2.24, 2.45) is 22.9 Å². The van der Waals surface area contributed by atoms with E-state index in [2.05, 4.69) is 25.9 Å². The van der Waals surface area contributed by atoms with Crippen LogP contribution in [0.15, 0.2) is 5.10 Å². The second-order valence-corrected chi connectivity index (χ2v) is 5.18. The molecule has 1 aliphatic carbocycles. The van der Waals surface area contributed by atoms with Crippen LogP contribution in [0.2, 0.25) is 0 Å². The van der Waals surface area contributed by atoms with Crippen molar-refractivity contribution in [1.29, 1.82) is 0 Å². The third-order valence-electron chi connectivity index (χ3n) is 3.09. The van der Waals surface area contributed by atoms with Gasteiger partial charge in [0.1, 0.15) is 0 Å². The Hall–Kier alpha value is -0.530. The summed E-state index contributed by atoms with van der Waals surface area (Å²) in [6.07, 6.45) is 3.89. The van der Waals surface area contributed by atoms with Crippen LogP contribution in [0.1, 0.15) is 40.0 Å². The van der Waals surface area contributed by atoms with Crippen LogP contribution in [0.3, 0.4) is 0 Å². The maximum atomic E-state index is 4.64. The minimum atomic E-state index is 0.716. The van der Waals surface area contributed by atoms with E-state index in [1.54, 1.807) is 0 Å². The molecule has 2 unspecified atom stereocenters.